The molecule has 0 aromatic heterocycles. The van der Waals surface area contributed by atoms with Gasteiger partial charge in [-0.05, 0) is 49.2 Å². The van der Waals surface area contributed by atoms with Gasteiger partial charge in [-0.2, -0.15) is 0 Å². The van der Waals surface area contributed by atoms with Crippen molar-refractivity contribution < 1.29 is 4.79 Å². The summed E-state index contributed by atoms with van der Waals surface area (Å²) in [7, 11) is 0. The molecule has 0 saturated carbocycles. The van der Waals surface area contributed by atoms with Gasteiger partial charge in [-0.1, -0.05) is 37.6 Å². The van der Waals surface area contributed by atoms with Crippen LogP contribution in [-0.2, 0) is 11.3 Å². The first kappa shape index (κ1) is 15.3. The molecule has 1 aromatic rings. The van der Waals surface area contributed by atoms with E-state index in [1.165, 1.54) is 0 Å². The van der Waals surface area contributed by atoms with Gasteiger partial charge in [0.25, 0.3) is 5.91 Å². The summed E-state index contributed by atoms with van der Waals surface area (Å²) in [6.45, 7) is 6.57. The molecule has 0 bridgehead atoms. The Morgan fingerprint density at radius 2 is 2.15 bits per heavy atom. The van der Waals surface area contributed by atoms with Crippen LogP contribution in [0.25, 0.3) is 0 Å². The molecule has 1 unspecified atom stereocenters. The van der Waals surface area contributed by atoms with Crippen LogP contribution in [-0.4, -0.2) is 21.5 Å². The van der Waals surface area contributed by atoms with Crippen molar-refractivity contribution in [1.82, 2.24) is 10.2 Å². The third kappa shape index (κ3) is 3.13. The number of carbonyl (C=O) groups is 1. The number of hydrogen-bond donors (Lipinski definition) is 1. The van der Waals surface area contributed by atoms with Crippen LogP contribution in [0.1, 0.15) is 32.8 Å². The van der Waals surface area contributed by atoms with Crippen molar-refractivity contribution in [1.29, 1.82) is 0 Å². The van der Waals surface area contributed by atoms with Gasteiger partial charge in [-0.3, -0.25) is 9.69 Å². The van der Waals surface area contributed by atoms with Gasteiger partial charge in [0.15, 0.2) is 5.11 Å². The quantitative estimate of drug-likeness (QED) is 0.866. The molecule has 1 atom stereocenters. The van der Waals surface area contributed by atoms with Crippen molar-refractivity contribution in [2.75, 3.05) is 0 Å². The Bertz CT molecular complexity index is 546. The SMILES string of the molecule is CC(C)CC1(C)NC(=S)N(Cc2cccc(Cl)c2)C1=O. The number of nitrogens with one attached hydrogen (secondary N) is 1. The first-order valence-electron chi connectivity index (χ1n) is 6.70. The fourth-order valence-corrected chi connectivity index (χ4v) is 3.25. The first-order valence-corrected chi connectivity index (χ1v) is 7.49. The number of benzene rings is 1. The van der Waals surface area contributed by atoms with Crippen molar-refractivity contribution in [2.24, 2.45) is 5.92 Å². The summed E-state index contributed by atoms with van der Waals surface area (Å²) in [5.41, 5.74) is 0.382. The van der Waals surface area contributed by atoms with E-state index in [-0.39, 0.29) is 5.91 Å². The summed E-state index contributed by atoms with van der Waals surface area (Å²) in [6.07, 6.45) is 0.762. The zero-order valence-corrected chi connectivity index (χ0v) is 13.5. The minimum Gasteiger partial charge on any atom is -0.348 e. The Morgan fingerprint density at radius 1 is 1.45 bits per heavy atom. The number of thiocarbonyl (C=S) groups is 1. The van der Waals surface area contributed by atoms with Gasteiger partial charge in [0.1, 0.15) is 5.54 Å². The van der Waals surface area contributed by atoms with E-state index in [0.29, 0.717) is 22.6 Å². The minimum absolute atomic E-state index is 0.0381. The molecule has 1 aliphatic heterocycles. The Balaban J connectivity index is 2.17. The highest BCUT2D eigenvalue weighted by Gasteiger charge is 2.45. The molecule has 1 aromatic carbocycles. The van der Waals surface area contributed by atoms with Crippen molar-refractivity contribution in [3.05, 3.63) is 34.9 Å². The number of carbonyl (C=O) groups excluding carboxylic acids is 1. The fourth-order valence-electron chi connectivity index (χ4n) is 2.66. The fraction of sp³-hybridized carbons (Fsp3) is 0.467. The maximum atomic E-state index is 12.6. The van der Waals surface area contributed by atoms with E-state index < -0.39 is 5.54 Å². The van der Waals surface area contributed by atoms with Crippen LogP contribution in [0.4, 0.5) is 0 Å². The van der Waals surface area contributed by atoms with Gasteiger partial charge in [-0.25, -0.2) is 0 Å². The van der Waals surface area contributed by atoms with Crippen LogP contribution in [0, 0.1) is 5.92 Å². The van der Waals surface area contributed by atoms with E-state index in [4.69, 9.17) is 23.8 Å². The monoisotopic (exact) mass is 310 g/mol. The predicted octanol–water partition coefficient (Wildman–Crippen LogP) is 3.36. The standard InChI is InChI=1S/C15H19ClN2OS/c1-10(2)8-15(3)13(19)18(14(20)17-15)9-11-5-4-6-12(16)7-11/h4-7,10H,8-9H2,1-3H3,(H,17,20). The average molecular weight is 311 g/mol. The average Bonchev–Trinajstić information content (AvgIpc) is 2.52. The van der Waals surface area contributed by atoms with Gasteiger partial charge >= 0.3 is 0 Å². The number of amides is 1. The molecule has 3 nitrogen and oxygen atoms in total. The Hall–Kier alpha value is -1.13. The lowest BCUT2D eigenvalue weighted by Gasteiger charge is -2.24. The molecular formula is C15H19ClN2OS. The summed E-state index contributed by atoms with van der Waals surface area (Å²) in [4.78, 5) is 14.2. The van der Waals surface area contributed by atoms with Crippen LogP contribution in [0.15, 0.2) is 24.3 Å². The Kier molecular flexibility index (Phi) is 4.35. The molecule has 20 heavy (non-hydrogen) atoms. The molecule has 1 fully saturated rings. The van der Waals surface area contributed by atoms with Crippen LogP contribution >= 0.6 is 23.8 Å². The van der Waals surface area contributed by atoms with Gasteiger partial charge in [0, 0.05) is 5.02 Å². The highest BCUT2D eigenvalue weighted by atomic mass is 35.5. The topological polar surface area (TPSA) is 32.3 Å². The zero-order chi connectivity index (χ0) is 14.9. The maximum absolute atomic E-state index is 12.6. The lowest BCUT2D eigenvalue weighted by atomic mass is 9.91. The molecule has 0 spiro atoms. The molecule has 108 valence electrons. The van der Waals surface area contributed by atoms with Crippen molar-refractivity contribution >= 4 is 34.8 Å². The van der Waals surface area contributed by atoms with Crippen LogP contribution in [0.5, 0.6) is 0 Å². The molecule has 0 aliphatic carbocycles. The molecule has 1 aliphatic rings. The van der Waals surface area contributed by atoms with E-state index in [2.05, 4.69) is 19.2 Å². The summed E-state index contributed by atoms with van der Waals surface area (Å²) >= 11 is 11.3. The lowest BCUT2D eigenvalue weighted by molar-refractivity contribution is -0.131. The number of hydrogen-bond acceptors (Lipinski definition) is 2. The third-order valence-corrected chi connectivity index (χ3v) is 3.95. The minimum atomic E-state index is -0.593. The van der Waals surface area contributed by atoms with E-state index in [0.717, 1.165) is 12.0 Å². The molecule has 0 radical (unpaired) electrons. The summed E-state index contributed by atoms with van der Waals surface area (Å²) in [6, 6.07) is 7.49. The third-order valence-electron chi connectivity index (χ3n) is 3.39. The number of rotatable bonds is 4. The smallest absolute Gasteiger partial charge is 0.254 e. The van der Waals surface area contributed by atoms with Crippen molar-refractivity contribution in [3.8, 4) is 0 Å². The largest absolute Gasteiger partial charge is 0.348 e. The molecule has 2 rings (SSSR count). The summed E-state index contributed by atoms with van der Waals surface area (Å²) < 4.78 is 0. The van der Waals surface area contributed by atoms with Gasteiger partial charge in [0.05, 0.1) is 6.54 Å². The van der Waals surface area contributed by atoms with Crippen molar-refractivity contribution in [3.63, 3.8) is 0 Å². The normalized spacial score (nSPS) is 22.6. The molecule has 1 amide bonds. The molecule has 1 N–H and O–H groups in total. The van der Waals surface area contributed by atoms with Crippen molar-refractivity contribution in [2.45, 2.75) is 39.3 Å². The second-order valence-electron chi connectivity index (χ2n) is 5.88. The van der Waals surface area contributed by atoms with Crippen LogP contribution in [0.2, 0.25) is 5.02 Å². The maximum Gasteiger partial charge on any atom is 0.254 e. The highest BCUT2D eigenvalue weighted by molar-refractivity contribution is 7.80. The molecular weight excluding hydrogens is 292 g/mol. The predicted molar refractivity (Wildman–Crippen MR) is 85.6 cm³/mol. The van der Waals surface area contributed by atoms with Gasteiger partial charge in [0.2, 0.25) is 0 Å². The van der Waals surface area contributed by atoms with Crippen LogP contribution < -0.4 is 5.32 Å². The lowest BCUT2D eigenvalue weighted by Crippen LogP contribution is -2.44. The molecule has 1 heterocycles. The van der Waals surface area contributed by atoms with E-state index in [1.807, 2.05) is 31.2 Å². The van der Waals surface area contributed by atoms with E-state index >= 15 is 0 Å². The molecule has 5 heteroatoms. The Labute approximate surface area is 130 Å². The van der Waals surface area contributed by atoms with Gasteiger partial charge in [-0.15, -0.1) is 0 Å². The summed E-state index contributed by atoms with van der Waals surface area (Å²) in [5.74, 6) is 0.460. The summed E-state index contributed by atoms with van der Waals surface area (Å²) in [5, 5.41) is 4.33. The first-order chi connectivity index (χ1) is 9.32. The second-order valence-corrected chi connectivity index (χ2v) is 6.70. The van der Waals surface area contributed by atoms with E-state index in [9.17, 15) is 4.79 Å². The number of halogens is 1. The van der Waals surface area contributed by atoms with Crippen LogP contribution in [0.3, 0.4) is 0 Å². The second kappa shape index (κ2) is 5.70. The number of nitrogens with zero attached hydrogens (tertiary/aromatic N) is 1. The molecule has 1 saturated heterocycles. The zero-order valence-electron chi connectivity index (χ0n) is 11.9. The highest BCUT2D eigenvalue weighted by Crippen LogP contribution is 2.26. The Morgan fingerprint density at radius 3 is 2.75 bits per heavy atom. The van der Waals surface area contributed by atoms with Gasteiger partial charge < -0.3 is 5.32 Å². The van der Waals surface area contributed by atoms with E-state index in [1.54, 1.807) is 4.90 Å².